The molecule has 1 unspecified atom stereocenters. The van der Waals surface area contributed by atoms with Gasteiger partial charge in [-0.2, -0.15) is 4.31 Å². The highest BCUT2D eigenvalue weighted by Gasteiger charge is 2.32. The van der Waals surface area contributed by atoms with E-state index in [9.17, 15) is 8.42 Å². The Balaban J connectivity index is 2.37. The van der Waals surface area contributed by atoms with Crippen molar-refractivity contribution >= 4 is 15.7 Å². The van der Waals surface area contributed by atoms with E-state index in [-0.39, 0.29) is 16.6 Å². The lowest BCUT2D eigenvalue weighted by atomic mass is 10.3. The Bertz CT molecular complexity index is 603. The van der Waals surface area contributed by atoms with Crippen LogP contribution in [0.4, 0.5) is 5.69 Å². The maximum Gasteiger partial charge on any atom is 0.245 e. The molecule has 1 aromatic rings. The highest BCUT2D eigenvalue weighted by molar-refractivity contribution is 7.89. The molecule has 0 saturated carbocycles. The third-order valence-electron chi connectivity index (χ3n) is 3.79. The van der Waals surface area contributed by atoms with Gasteiger partial charge in [0.15, 0.2) is 0 Å². The normalized spacial score (nSPS) is 22.0. The summed E-state index contributed by atoms with van der Waals surface area (Å²) in [5, 5.41) is 0. The molecular weight excluding hydrogens is 290 g/mol. The molecule has 1 saturated heterocycles. The van der Waals surface area contributed by atoms with E-state index in [0.717, 1.165) is 19.5 Å². The molecule has 1 atom stereocenters. The molecule has 118 valence electrons. The first kappa shape index (κ1) is 16.1. The van der Waals surface area contributed by atoms with E-state index in [1.54, 1.807) is 16.4 Å². The van der Waals surface area contributed by atoms with Crippen molar-refractivity contribution in [1.29, 1.82) is 0 Å². The Labute approximate surface area is 126 Å². The first-order valence-corrected chi connectivity index (χ1v) is 8.44. The third-order valence-corrected chi connectivity index (χ3v) is 5.88. The zero-order valence-electron chi connectivity index (χ0n) is 12.7. The van der Waals surface area contributed by atoms with Crippen molar-refractivity contribution in [1.82, 2.24) is 9.21 Å². The van der Waals surface area contributed by atoms with Crippen LogP contribution in [0.3, 0.4) is 0 Å². The van der Waals surface area contributed by atoms with Crippen molar-refractivity contribution in [3.63, 3.8) is 0 Å². The number of rotatable bonds is 3. The number of nitrogens with two attached hydrogens (primary N) is 1. The number of sulfonamides is 1. The highest BCUT2D eigenvalue weighted by atomic mass is 32.2. The van der Waals surface area contributed by atoms with Gasteiger partial charge in [0, 0.05) is 25.2 Å². The summed E-state index contributed by atoms with van der Waals surface area (Å²) in [6.45, 7) is 4.06. The van der Waals surface area contributed by atoms with Crippen LogP contribution in [0, 0.1) is 0 Å². The Morgan fingerprint density at radius 1 is 1.33 bits per heavy atom. The minimum Gasteiger partial charge on any atom is -0.497 e. The number of methoxy groups -OCH3 is 1. The van der Waals surface area contributed by atoms with Gasteiger partial charge in [-0.3, -0.25) is 0 Å². The Morgan fingerprint density at radius 3 is 2.67 bits per heavy atom. The molecular formula is C14H23N3O3S. The summed E-state index contributed by atoms with van der Waals surface area (Å²) in [6, 6.07) is 4.61. The van der Waals surface area contributed by atoms with Crippen LogP contribution in [0.5, 0.6) is 5.75 Å². The smallest absolute Gasteiger partial charge is 0.245 e. The SMILES string of the molecule is COc1ccc(S(=O)(=O)N2CCCN(C)CC2C)c(N)c1. The van der Waals surface area contributed by atoms with Gasteiger partial charge in [-0.05, 0) is 39.1 Å². The summed E-state index contributed by atoms with van der Waals surface area (Å²) < 4.78 is 32.3. The van der Waals surface area contributed by atoms with Crippen molar-refractivity contribution in [2.75, 3.05) is 39.5 Å². The van der Waals surface area contributed by atoms with Gasteiger partial charge >= 0.3 is 0 Å². The molecule has 1 fully saturated rings. The molecule has 0 spiro atoms. The molecule has 0 aromatic heterocycles. The number of anilines is 1. The molecule has 1 aromatic carbocycles. The summed E-state index contributed by atoms with van der Waals surface area (Å²) in [5.74, 6) is 0.551. The third kappa shape index (κ3) is 3.30. The molecule has 0 amide bonds. The number of benzene rings is 1. The van der Waals surface area contributed by atoms with Crippen LogP contribution in [0.2, 0.25) is 0 Å². The quantitative estimate of drug-likeness (QED) is 0.842. The fourth-order valence-corrected chi connectivity index (χ4v) is 4.48. The van der Waals surface area contributed by atoms with Crippen LogP contribution >= 0.6 is 0 Å². The predicted molar refractivity (Wildman–Crippen MR) is 82.9 cm³/mol. The molecule has 0 radical (unpaired) electrons. The first-order valence-electron chi connectivity index (χ1n) is 7.00. The molecule has 7 heteroatoms. The van der Waals surface area contributed by atoms with Crippen molar-refractivity contribution in [3.05, 3.63) is 18.2 Å². The number of nitrogens with zero attached hydrogens (tertiary/aromatic N) is 2. The average Bonchev–Trinajstić information content (AvgIpc) is 2.59. The summed E-state index contributed by atoms with van der Waals surface area (Å²) in [5.41, 5.74) is 6.13. The summed E-state index contributed by atoms with van der Waals surface area (Å²) in [7, 11) is -0.0558. The largest absolute Gasteiger partial charge is 0.497 e. The van der Waals surface area contributed by atoms with E-state index in [0.29, 0.717) is 12.3 Å². The molecule has 2 N–H and O–H groups in total. The summed E-state index contributed by atoms with van der Waals surface area (Å²) >= 11 is 0. The topological polar surface area (TPSA) is 75.9 Å². The monoisotopic (exact) mass is 313 g/mol. The van der Waals surface area contributed by atoms with Crippen LogP contribution in [0.1, 0.15) is 13.3 Å². The van der Waals surface area contributed by atoms with Crippen LogP contribution in [0.25, 0.3) is 0 Å². The fraction of sp³-hybridized carbons (Fsp3) is 0.571. The van der Waals surface area contributed by atoms with Gasteiger partial charge in [-0.1, -0.05) is 0 Å². The molecule has 1 aliphatic heterocycles. The molecule has 0 bridgehead atoms. The van der Waals surface area contributed by atoms with E-state index in [4.69, 9.17) is 10.5 Å². The van der Waals surface area contributed by atoms with Gasteiger partial charge < -0.3 is 15.4 Å². The lowest BCUT2D eigenvalue weighted by molar-refractivity contribution is 0.290. The van der Waals surface area contributed by atoms with Gasteiger partial charge in [-0.15, -0.1) is 0 Å². The molecule has 6 nitrogen and oxygen atoms in total. The van der Waals surface area contributed by atoms with E-state index >= 15 is 0 Å². The first-order chi connectivity index (χ1) is 9.86. The molecule has 1 heterocycles. The van der Waals surface area contributed by atoms with Crippen LogP contribution < -0.4 is 10.5 Å². The number of likely N-dealkylation sites (N-methyl/N-ethyl adjacent to an activating group) is 1. The second kappa shape index (κ2) is 6.21. The molecule has 2 rings (SSSR count). The summed E-state index contributed by atoms with van der Waals surface area (Å²) in [6.07, 6.45) is 0.816. The molecule has 1 aliphatic rings. The summed E-state index contributed by atoms with van der Waals surface area (Å²) in [4.78, 5) is 2.30. The van der Waals surface area contributed by atoms with Crippen molar-refractivity contribution in [2.45, 2.75) is 24.3 Å². The minimum atomic E-state index is -3.59. The van der Waals surface area contributed by atoms with Crippen molar-refractivity contribution in [2.24, 2.45) is 0 Å². The number of ether oxygens (including phenoxy) is 1. The molecule has 21 heavy (non-hydrogen) atoms. The van der Waals surface area contributed by atoms with Crippen molar-refractivity contribution in [3.8, 4) is 5.75 Å². The lowest BCUT2D eigenvalue weighted by Crippen LogP contribution is -2.42. The molecule has 0 aliphatic carbocycles. The number of hydrogen-bond donors (Lipinski definition) is 1. The van der Waals surface area contributed by atoms with E-state index in [2.05, 4.69) is 4.90 Å². The van der Waals surface area contributed by atoms with Gasteiger partial charge in [0.1, 0.15) is 10.6 Å². The Morgan fingerprint density at radius 2 is 2.05 bits per heavy atom. The van der Waals surface area contributed by atoms with E-state index in [1.807, 2.05) is 14.0 Å². The minimum absolute atomic E-state index is 0.0796. The van der Waals surface area contributed by atoms with E-state index in [1.165, 1.54) is 13.2 Å². The average molecular weight is 313 g/mol. The Kier molecular flexibility index (Phi) is 4.75. The van der Waals surface area contributed by atoms with Gasteiger partial charge in [0.25, 0.3) is 0 Å². The van der Waals surface area contributed by atoms with Gasteiger partial charge in [0.05, 0.1) is 12.8 Å². The predicted octanol–water partition coefficient (Wildman–Crippen LogP) is 0.992. The number of nitrogen functional groups attached to an aromatic ring is 1. The van der Waals surface area contributed by atoms with Crippen LogP contribution in [0.15, 0.2) is 23.1 Å². The number of hydrogen-bond acceptors (Lipinski definition) is 5. The van der Waals surface area contributed by atoms with Crippen LogP contribution in [-0.2, 0) is 10.0 Å². The van der Waals surface area contributed by atoms with Crippen LogP contribution in [-0.4, -0.2) is 57.5 Å². The lowest BCUT2D eigenvalue weighted by Gasteiger charge is -2.27. The zero-order valence-corrected chi connectivity index (χ0v) is 13.6. The van der Waals surface area contributed by atoms with Gasteiger partial charge in [-0.25, -0.2) is 8.42 Å². The van der Waals surface area contributed by atoms with Crippen molar-refractivity contribution < 1.29 is 13.2 Å². The second-order valence-corrected chi connectivity index (χ2v) is 7.34. The Hall–Kier alpha value is -1.31. The maximum absolute atomic E-state index is 12.9. The van der Waals surface area contributed by atoms with E-state index < -0.39 is 10.0 Å². The second-order valence-electron chi connectivity index (χ2n) is 5.48. The van der Waals surface area contributed by atoms with Gasteiger partial charge in [0.2, 0.25) is 10.0 Å². The standard InChI is InChI=1S/C14H23N3O3S/c1-11-10-16(2)7-4-8-17(11)21(18,19)14-6-5-12(20-3)9-13(14)15/h5-6,9,11H,4,7-8,10,15H2,1-3H3. The fourth-order valence-electron chi connectivity index (χ4n) is 2.72. The zero-order chi connectivity index (χ0) is 15.6. The maximum atomic E-state index is 12.9. The highest BCUT2D eigenvalue weighted by Crippen LogP contribution is 2.28.